The number of carboxylic acid groups (broad SMARTS) is 2. The molecule has 0 bridgehead atoms. The van der Waals surface area contributed by atoms with Crippen LogP contribution in [0.1, 0.15) is 49.2 Å². The van der Waals surface area contributed by atoms with Gasteiger partial charge in [-0.1, -0.05) is 68.4 Å². The fourth-order valence-electron chi connectivity index (χ4n) is 3.76. The van der Waals surface area contributed by atoms with E-state index in [0.717, 1.165) is 22.3 Å². The molecular formula is C29H31N3O5. The molecule has 192 valence electrons. The van der Waals surface area contributed by atoms with Gasteiger partial charge < -0.3 is 20.4 Å². The maximum Gasteiger partial charge on any atom is 0.337 e. The first-order valence-electron chi connectivity index (χ1n) is 12.0. The van der Waals surface area contributed by atoms with Crippen molar-refractivity contribution in [2.75, 3.05) is 6.61 Å². The second-order valence-electron chi connectivity index (χ2n) is 8.75. The zero-order valence-corrected chi connectivity index (χ0v) is 21.4. The largest absolute Gasteiger partial charge is 0.481 e. The first-order chi connectivity index (χ1) is 17.6. The number of ether oxygens (including phenoxy) is 1. The van der Waals surface area contributed by atoms with E-state index < -0.39 is 11.9 Å². The van der Waals surface area contributed by atoms with Crippen LogP contribution in [0.2, 0.25) is 0 Å². The third kappa shape index (κ3) is 6.41. The van der Waals surface area contributed by atoms with Gasteiger partial charge in [0.1, 0.15) is 0 Å². The normalized spacial score (nSPS) is 10.6. The highest BCUT2D eigenvalue weighted by Crippen LogP contribution is 2.28. The monoisotopic (exact) mass is 501 g/mol. The van der Waals surface area contributed by atoms with Gasteiger partial charge in [0.2, 0.25) is 0 Å². The molecule has 0 radical (unpaired) electrons. The molecule has 37 heavy (non-hydrogen) atoms. The van der Waals surface area contributed by atoms with Crippen molar-refractivity contribution in [3.05, 3.63) is 83.4 Å². The highest BCUT2D eigenvalue weighted by Gasteiger charge is 2.19. The van der Waals surface area contributed by atoms with Crippen molar-refractivity contribution in [1.29, 1.82) is 5.41 Å². The van der Waals surface area contributed by atoms with E-state index in [1.165, 1.54) is 0 Å². The van der Waals surface area contributed by atoms with Crippen LogP contribution in [0.4, 0.5) is 0 Å². The van der Waals surface area contributed by atoms with Gasteiger partial charge in [-0.3, -0.25) is 9.36 Å². The summed E-state index contributed by atoms with van der Waals surface area (Å²) in [5, 5.41) is 25.7. The Hall–Kier alpha value is -4.46. The molecule has 1 aromatic heterocycles. The molecule has 1 heterocycles. The van der Waals surface area contributed by atoms with Crippen LogP contribution in [-0.2, 0) is 11.3 Å². The topological polar surface area (TPSA) is 126 Å². The second kappa shape index (κ2) is 12.0. The lowest BCUT2D eigenvalue weighted by Crippen LogP contribution is -2.08. The van der Waals surface area contributed by atoms with Gasteiger partial charge in [0.05, 0.1) is 35.7 Å². The van der Waals surface area contributed by atoms with Gasteiger partial charge in [-0.25, -0.2) is 4.79 Å². The number of fused-ring (bicyclic) bond motifs is 1. The molecule has 0 unspecified atom stereocenters. The van der Waals surface area contributed by atoms with E-state index >= 15 is 0 Å². The summed E-state index contributed by atoms with van der Waals surface area (Å²) in [6, 6.07) is 21.4. The zero-order chi connectivity index (χ0) is 27.1. The molecule has 0 saturated heterocycles. The Morgan fingerprint density at radius 3 is 2.16 bits per heavy atom. The van der Waals surface area contributed by atoms with Crippen LogP contribution in [0.15, 0.2) is 66.7 Å². The fraction of sp³-hybridized carbons (Fsp3) is 0.241. The SMILES string of the molecule is CC(C)C(=O)O.CCOc1nc2cccc(C(=O)O)c2n1Cc1ccc(-c2ccccc2C(C)=N)cc1. The van der Waals surface area contributed by atoms with E-state index in [0.29, 0.717) is 35.9 Å². The minimum Gasteiger partial charge on any atom is -0.481 e. The Morgan fingerprint density at radius 2 is 1.59 bits per heavy atom. The Bertz CT molecular complexity index is 1420. The van der Waals surface area contributed by atoms with Crippen molar-refractivity contribution in [1.82, 2.24) is 9.55 Å². The van der Waals surface area contributed by atoms with E-state index in [4.69, 9.17) is 15.3 Å². The predicted octanol–water partition coefficient (Wildman–Crippen LogP) is 5.96. The number of hydrogen-bond donors (Lipinski definition) is 3. The number of imidazole rings is 1. The second-order valence-corrected chi connectivity index (χ2v) is 8.75. The van der Waals surface area contributed by atoms with Crippen molar-refractivity contribution in [3.63, 3.8) is 0 Å². The van der Waals surface area contributed by atoms with Crippen LogP contribution < -0.4 is 4.74 Å². The molecule has 3 aromatic carbocycles. The van der Waals surface area contributed by atoms with Crippen LogP contribution in [0.25, 0.3) is 22.2 Å². The lowest BCUT2D eigenvalue weighted by molar-refractivity contribution is -0.140. The molecule has 8 heteroatoms. The summed E-state index contributed by atoms with van der Waals surface area (Å²) in [7, 11) is 0. The van der Waals surface area contributed by atoms with Gasteiger partial charge >= 0.3 is 11.9 Å². The maximum atomic E-state index is 11.8. The highest BCUT2D eigenvalue weighted by atomic mass is 16.5. The van der Waals surface area contributed by atoms with Gasteiger partial charge in [0.15, 0.2) is 0 Å². The Balaban J connectivity index is 0.000000568. The number of aromatic carboxylic acids is 1. The number of benzene rings is 3. The van der Waals surface area contributed by atoms with Gasteiger partial charge in [-0.2, -0.15) is 4.98 Å². The third-order valence-corrected chi connectivity index (χ3v) is 5.67. The Kier molecular flexibility index (Phi) is 8.79. The third-order valence-electron chi connectivity index (χ3n) is 5.67. The molecule has 0 aliphatic rings. The zero-order valence-electron chi connectivity index (χ0n) is 21.4. The van der Waals surface area contributed by atoms with Crippen LogP contribution in [0.5, 0.6) is 6.01 Å². The van der Waals surface area contributed by atoms with Crippen LogP contribution in [0.3, 0.4) is 0 Å². The smallest absolute Gasteiger partial charge is 0.337 e. The van der Waals surface area contributed by atoms with Crippen molar-refractivity contribution in [3.8, 4) is 17.1 Å². The molecule has 4 rings (SSSR count). The van der Waals surface area contributed by atoms with Crippen LogP contribution in [0, 0.1) is 11.3 Å². The number of aliphatic carboxylic acids is 1. The first-order valence-corrected chi connectivity index (χ1v) is 12.0. The summed E-state index contributed by atoms with van der Waals surface area (Å²) in [4.78, 5) is 26.0. The van der Waals surface area contributed by atoms with Crippen LogP contribution in [-0.4, -0.2) is 44.0 Å². The van der Waals surface area contributed by atoms with E-state index in [1.54, 1.807) is 39.0 Å². The quantitative estimate of drug-likeness (QED) is 0.256. The number of nitrogens with one attached hydrogen (secondary N) is 1. The minimum atomic E-state index is -0.997. The van der Waals surface area contributed by atoms with Crippen molar-refractivity contribution in [2.24, 2.45) is 5.92 Å². The lowest BCUT2D eigenvalue weighted by atomic mass is 9.96. The van der Waals surface area contributed by atoms with Crippen LogP contribution >= 0.6 is 0 Å². The van der Waals surface area contributed by atoms with E-state index in [2.05, 4.69) is 4.98 Å². The van der Waals surface area contributed by atoms with E-state index in [9.17, 15) is 14.7 Å². The van der Waals surface area contributed by atoms with E-state index in [1.807, 2.05) is 60.0 Å². The number of para-hydroxylation sites is 1. The molecule has 3 N–H and O–H groups in total. The number of carboxylic acids is 2. The molecule has 0 spiro atoms. The van der Waals surface area contributed by atoms with Gasteiger partial charge in [-0.15, -0.1) is 0 Å². The molecule has 0 saturated carbocycles. The predicted molar refractivity (Wildman–Crippen MR) is 144 cm³/mol. The standard InChI is InChI=1S/C25H23N3O3.C4H8O2/c1-3-31-25-27-22-10-6-9-21(24(29)30)23(22)28(25)15-17-11-13-18(14-12-17)20-8-5-4-7-19(20)16(2)26;1-3(2)4(5)6/h4-14,26H,3,15H2,1-2H3,(H,29,30);3H,1-2H3,(H,5,6). The molecule has 0 fully saturated rings. The number of carbonyl (C=O) groups is 2. The van der Waals surface area contributed by atoms with E-state index in [-0.39, 0.29) is 11.5 Å². The molecule has 0 atom stereocenters. The van der Waals surface area contributed by atoms with Gasteiger partial charge in [0.25, 0.3) is 6.01 Å². The number of hydrogen-bond acceptors (Lipinski definition) is 5. The molecule has 0 aliphatic carbocycles. The Morgan fingerprint density at radius 1 is 0.973 bits per heavy atom. The summed E-state index contributed by atoms with van der Waals surface area (Å²) < 4.78 is 7.51. The summed E-state index contributed by atoms with van der Waals surface area (Å²) in [5.41, 5.74) is 5.79. The molecule has 4 aromatic rings. The average Bonchev–Trinajstić information content (AvgIpc) is 3.22. The summed E-state index contributed by atoms with van der Waals surface area (Å²) in [5.74, 6) is -1.97. The van der Waals surface area contributed by atoms with Crippen molar-refractivity contribution in [2.45, 2.75) is 34.2 Å². The average molecular weight is 502 g/mol. The molecule has 8 nitrogen and oxygen atoms in total. The molecule has 0 aliphatic heterocycles. The molecule has 0 amide bonds. The highest BCUT2D eigenvalue weighted by molar-refractivity contribution is 6.02. The summed E-state index contributed by atoms with van der Waals surface area (Å²) in [6.07, 6.45) is 0. The number of nitrogens with zero attached hydrogens (tertiary/aromatic N) is 2. The summed E-state index contributed by atoms with van der Waals surface area (Å²) >= 11 is 0. The van der Waals surface area contributed by atoms with Gasteiger partial charge in [-0.05, 0) is 42.7 Å². The maximum absolute atomic E-state index is 11.8. The number of aromatic nitrogens is 2. The first kappa shape index (κ1) is 27.1. The fourth-order valence-corrected chi connectivity index (χ4v) is 3.76. The summed E-state index contributed by atoms with van der Waals surface area (Å²) in [6.45, 7) is 7.81. The van der Waals surface area contributed by atoms with Crippen molar-refractivity contribution >= 4 is 28.7 Å². The lowest BCUT2D eigenvalue weighted by Gasteiger charge is -2.12. The molecular weight excluding hydrogens is 470 g/mol. The minimum absolute atomic E-state index is 0.197. The Labute approximate surface area is 215 Å². The number of rotatable bonds is 8. The van der Waals surface area contributed by atoms with Gasteiger partial charge in [0, 0.05) is 11.3 Å². The van der Waals surface area contributed by atoms with Crippen molar-refractivity contribution < 1.29 is 24.5 Å².